The molecule has 2 aromatic carbocycles. The van der Waals surface area contributed by atoms with Crippen LogP contribution in [-0.4, -0.2) is 32.5 Å². The van der Waals surface area contributed by atoms with Gasteiger partial charge in [0.05, 0.1) is 23.3 Å². The highest BCUT2D eigenvalue weighted by molar-refractivity contribution is 7.85. The Balaban J connectivity index is 1.78. The first-order valence-electron chi connectivity index (χ1n) is 9.06. The number of nitrogens with zero attached hydrogens (tertiary/aromatic N) is 3. The fourth-order valence-electron chi connectivity index (χ4n) is 3.06. The van der Waals surface area contributed by atoms with Crippen LogP contribution in [0.1, 0.15) is 0 Å². The first kappa shape index (κ1) is 21.0. The van der Waals surface area contributed by atoms with Crippen LogP contribution in [0.4, 0.5) is 21.6 Å². The van der Waals surface area contributed by atoms with E-state index in [1.165, 1.54) is 25.8 Å². The van der Waals surface area contributed by atoms with Gasteiger partial charge in [-0.05, 0) is 35.9 Å². The number of anilines is 3. The maximum absolute atomic E-state index is 14.4. The maximum atomic E-state index is 14.4. The van der Waals surface area contributed by atoms with Gasteiger partial charge in [-0.1, -0.05) is 23.7 Å². The predicted molar refractivity (Wildman–Crippen MR) is 122 cm³/mol. The quantitative estimate of drug-likeness (QED) is 0.426. The summed E-state index contributed by atoms with van der Waals surface area (Å²) in [6, 6.07) is 12.1. The largest absolute Gasteiger partial charge is 0.480 e. The van der Waals surface area contributed by atoms with Gasteiger partial charge in [0.1, 0.15) is 28.8 Å². The molecule has 1 atom stereocenters. The SMILES string of the molecule is COc1ncc(-c2ccc3ncnc(Nc4cccc(Cl)c4F)c3c2)cc1NS(C)=O. The lowest BCUT2D eigenvalue weighted by Crippen LogP contribution is -2.04. The molecule has 31 heavy (non-hydrogen) atoms. The molecule has 0 bridgehead atoms. The van der Waals surface area contributed by atoms with Crippen molar-refractivity contribution in [2.45, 2.75) is 0 Å². The van der Waals surface area contributed by atoms with Crippen molar-refractivity contribution in [2.75, 3.05) is 23.4 Å². The van der Waals surface area contributed by atoms with Crippen LogP contribution in [0.2, 0.25) is 5.02 Å². The van der Waals surface area contributed by atoms with Crippen molar-refractivity contribution in [1.29, 1.82) is 0 Å². The van der Waals surface area contributed by atoms with Gasteiger partial charge in [-0.25, -0.2) is 23.6 Å². The molecule has 0 aliphatic heterocycles. The molecular formula is C21H17ClFN5O2S. The monoisotopic (exact) mass is 457 g/mol. The minimum Gasteiger partial charge on any atom is -0.480 e. The van der Waals surface area contributed by atoms with Gasteiger partial charge in [0, 0.05) is 23.4 Å². The van der Waals surface area contributed by atoms with Crippen LogP contribution in [-0.2, 0) is 11.0 Å². The summed E-state index contributed by atoms with van der Waals surface area (Å²) in [4.78, 5) is 12.8. The number of rotatable bonds is 6. The molecule has 0 aliphatic rings. The van der Waals surface area contributed by atoms with Gasteiger partial charge < -0.3 is 14.8 Å². The molecule has 10 heteroatoms. The Hall–Kier alpha value is -3.30. The molecule has 0 aliphatic carbocycles. The maximum Gasteiger partial charge on any atom is 0.238 e. The molecule has 2 heterocycles. The highest BCUT2D eigenvalue weighted by atomic mass is 35.5. The van der Waals surface area contributed by atoms with Gasteiger partial charge >= 0.3 is 0 Å². The molecule has 4 rings (SSSR count). The summed E-state index contributed by atoms with van der Waals surface area (Å²) in [5.41, 5.74) is 2.97. The van der Waals surface area contributed by atoms with Gasteiger partial charge in [-0.15, -0.1) is 0 Å². The van der Waals surface area contributed by atoms with Crippen LogP contribution in [0.15, 0.2) is 55.0 Å². The average Bonchev–Trinajstić information content (AvgIpc) is 2.76. The van der Waals surface area contributed by atoms with E-state index in [0.29, 0.717) is 28.3 Å². The van der Waals surface area contributed by atoms with Gasteiger partial charge in [0.15, 0.2) is 5.82 Å². The second kappa shape index (κ2) is 8.83. The normalized spacial score (nSPS) is 11.9. The lowest BCUT2D eigenvalue weighted by Gasteiger charge is -2.12. The van der Waals surface area contributed by atoms with Gasteiger partial charge in [-0.2, -0.15) is 0 Å². The highest BCUT2D eigenvalue weighted by Gasteiger charge is 2.13. The Kier molecular flexibility index (Phi) is 5.97. The van der Waals surface area contributed by atoms with Crippen molar-refractivity contribution in [1.82, 2.24) is 15.0 Å². The fourth-order valence-corrected chi connectivity index (χ4v) is 3.69. The van der Waals surface area contributed by atoms with Crippen LogP contribution >= 0.6 is 11.6 Å². The number of aromatic nitrogens is 3. The Morgan fingerprint density at radius 1 is 1.06 bits per heavy atom. The lowest BCUT2D eigenvalue weighted by molar-refractivity contribution is 0.400. The summed E-state index contributed by atoms with van der Waals surface area (Å²) >= 11 is 5.89. The number of methoxy groups -OCH3 is 1. The smallest absolute Gasteiger partial charge is 0.238 e. The highest BCUT2D eigenvalue weighted by Crippen LogP contribution is 2.33. The van der Waals surface area contributed by atoms with Crippen molar-refractivity contribution in [3.8, 4) is 17.0 Å². The van der Waals surface area contributed by atoms with Gasteiger partial charge in [0.2, 0.25) is 5.88 Å². The zero-order valence-corrected chi connectivity index (χ0v) is 18.1. The third-order valence-corrected chi connectivity index (χ3v) is 5.27. The number of halogens is 2. The predicted octanol–water partition coefficient (Wildman–Crippen LogP) is 4.94. The summed E-state index contributed by atoms with van der Waals surface area (Å²) in [6.45, 7) is 0. The van der Waals surface area contributed by atoms with E-state index < -0.39 is 16.8 Å². The van der Waals surface area contributed by atoms with Crippen molar-refractivity contribution in [3.05, 3.63) is 65.8 Å². The number of ether oxygens (including phenoxy) is 1. The van der Waals surface area contributed by atoms with Crippen LogP contribution in [0, 0.1) is 5.82 Å². The van der Waals surface area contributed by atoms with Crippen molar-refractivity contribution in [2.24, 2.45) is 0 Å². The minimum absolute atomic E-state index is 0.0155. The van der Waals surface area contributed by atoms with E-state index in [1.807, 2.05) is 18.2 Å². The molecule has 4 aromatic rings. The summed E-state index contributed by atoms with van der Waals surface area (Å²) in [5.74, 6) is 0.207. The first-order chi connectivity index (χ1) is 15.0. The van der Waals surface area contributed by atoms with Crippen LogP contribution in [0.5, 0.6) is 5.88 Å². The average molecular weight is 458 g/mol. The number of hydrogen-bond donors (Lipinski definition) is 2. The Bertz CT molecular complexity index is 1300. The zero-order chi connectivity index (χ0) is 22.0. The van der Waals surface area contributed by atoms with Crippen LogP contribution in [0.3, 0.4) is 0 Å². The third kappa shape index (κ3) is 4.42. The number of pyridine rings is 1. The Morgan fingerprint density at radius 3 is 2.68 bits per heavy atom. The second-order valence-electron chi connectivity index (χ2n) is 6.52. The van der Waals surface area contributed by atoms with Crippen molar-refractivity contribution < 1.29 is 13.3 Å². The molecule has 7 nitrogen and oxygen atoms in total. The summed E-state index contributed by atoms with van der Waals surface area (Å²) in [7, 11) is 0.200. The third-order valence-electron chi connectivity index (χ3n) is 4.47. The second-order valence-corrected chi connectivity index (χ2v) is 8.04. The standard InChI is InChI=1S/C21H17ClFN5O2S/c1-30-21-18(28-31(2)29)9-13(10-24-21)12-6-7-16-14(8-12)20(26-11-25-16)27-17-5-3-4-15(22)19(17)23/h3-11,28H,1-2H3,(H,25,26,27). The molecule has 0 spiro atoms. The zero-order valence-electron chi connectivity index (χ0n) is 16.5. The van der Waals surface area contributed by atoms with Gasteiger partial charge in [-0.3, -0.25) is 0 Å². The molecule has 0 saturated carbocycles. The van der Waals surface area contributed by atoms with E-state index in [1.54, 1.807) is 24.4 Å². The van der Waals surface area contributed by atoms with E-state index in [0.717, 1.165) is 11.1 Å². The topological polar surface area (TPSA) is 89.0 Å². The van der Waals surface area contributed by atoms with Crippen LogP contribution in [0.25, 0.3) is 22.0 Å². The molecule has 0 fully saturated rings. The molecule has 1 unspecified atom stereocenters. The summed E-state index contributed by atoms with van der Waals surface area (Å²) in [5, 5.41) is 3.69. The minimum atomic E-state index is -1.29. The summed E-state index contributed by atoms with van der Waals surface area (Å²) in [6.07, 6.45) is 4.57. The number of fused-ring (bicyclic) bond motifs is 1. The van der Waals surface area contributed by atoms with Crippen molar-refractivity contribution in [3.63, 3.8) is 0 Å². The molecule has 2 aromatic heterocycles. The molecule has 2 N–H and O–H groups in total. The Labute approximate surface area is 185 Å². The fraction of sp³-hybridized carbons (Fsp3) is 0.0952. The van der Waals surface area contributed by atoms with E-state index in [9.17, 15) is 8.60 Å². The Morgan fingerprint density at radius 2 is 1.90 bits per heavy atom. The molecular weight excluding hydrogens is 441 g/mol. The number of hydrogen-bond acceptors (Lipinski definition) is 6. The molecule has 0 radical (unpaired) electrons. The van der Waals surface area contributed by atoms with E-state index in [4.69, 9.17) is 16.3 Å². The molecule has 0 saturated heterocycles. The number of benzene rings is 2. The molecule has 158 valence electrons. The number of nitrogens with one attached hydrogen (secondary N) is 2. The van der Waals surface area contributed by atoms with E-state index >= 15 is 0 Å². The van der Waals surface area contributed by atoms with Crippen LogP contribution < -0.4 is 14.8 Å². The lowest BCUT2D eigenvalue weighted by atomic mass is 10.0. The van der Waals surface area contributed by atoms with Crippen molar-refractivity contribution >= 4 is 50.7 Å². The van der Waals surface area contributed by atoms with E-state index in [2.05, 4.69) is 25.0 Å². The first-order valence-corrected chi connectivity index (χ1v) is 11.0. The summed E-state index contributed by atoms with van der Waals surface area (Å²) < 4.78 is 34.0. The van der Waals surface area contributed by atoms with E-state index in [-0.39, 0.29) is 10.7 Å². The molecule has 0 amide bonds. The van der Waals surface area contributed by atoms with Gasteiger partial charge in [0.25, 0.3) is 0 Å².